The van der Waals surface area contributed by atoms with Gasteiger partial charge in [-0.05, 0) is 42.8 Å². The lowest BCUT2D eigenvalue weighted by atomic mass is 10.1. The van der Waals surface area contributed by atoms with Crippen LogP contribution in [0.1, 0.15) is 19.3 Å². The standard InChI is InChI=1S/C21H20ClN3O3/c22-17-4-1-2-5-18(17)25-13-14(12-20(25)27)21(28)23-15-7-9-16(10-8-15)24-11-3-6-19(24)26/h1-2,4-5,7-10,14H,3,6,11-13H2,(H,23,28). The van der Waals surface area contributed by atoms with Crippen LogP contribution in [0.25, 0.3) is 0 Å². The van der Waals surface area contributed by atoms with Gasteiger partial charge in [0.05, 0.1) is 16.6 Å². The first-order valence-corrected chi connectivity index (χ1v) is 9.67. The second-order valence-electron chi connectivity index (χ2n) is 7.04. The zero-order valence-electron chi connectivity index (χ0n) is 15.2. The third kappa shape index (κ3) is 3.60. The number of carbonyl (C=O) groups excluding carboxylic acids is 3. The number of hydrogen-bond donors (Lipinski definition) is 1. The van der Waals surface area contributed by atoms with Crippen molar-refractivity contribution in [2.24, 2.45) is 5.92 Å². The van der Waals surface area contributed by atoms with Crippen molar-refractivity contribution in [1.29, 1.82) is 0 Å². The molecule has 28 heavy (non-hydrogen) atoms. The Morgan fingerprint density at radius 3 is 2.43 bits per heavy atom. The van der Waals surface area contributed by atoms with E-state index in [9.17, 15) is 14.4 Å². The Hall–Kier alpha value is -2.86. The number of nitrogens with zero attached hydrogens (tertiary/aromatic N) is 2. The van der Waals surface area contributed by atoms with Gasteiger partial charge in [0, 0.05) is 37.3 Å². The van der Waals surface area contributed by atoms with Gasteiger partial charge in [0.1, 0.15) is 0 Å². The molecule has 0 bridgehead atoms. The molecular formula is C21H20ClN3O3. The van der Waals surface area contributed by atoms with Gasteiger partial charge in [-0.15, -0.1) is 0 Å². The molecule has 2 aliphatic heterocycles. The van der Waals surface area contributed by atoms with Crippen molar-refractivity contribution in [2.45, 2.75) is 19.3 Å². The number of halogens is 1. The average molecular weight is 398 g/mol. The number of hydrogen-bond acceptors (Lipinski definition) is 3. The highest BCUT2D eigenvalue weighted by Gasteiger charge is 2.35. The van der Waals surface area contributed by atoms with E-state index >= 15 is 0 Å². The lowest BCUT2D eigenvalue weighted by Crippen LogP contribution is -2.28. The van der Waals surface area contributed by atoms with Crippen LogP contribution in [-0.4, -0.2) is 30.8 Å². The van der Waals surface area contributed by atoms with Crippen LogP contribution in [0.3, 0.4) is 0 Å². The van der Waals surface area contributed by atoms with Crippen molar-refractivity contribution >= 4 is 46.4 Å². The van der Waals surface area contributed by atoms with Crippen LogP contribution in [0.5, 0.6) is 0 Å². The van der Waals surface area contributed by atoms with E-state index in [2.05, 4.69) is 5.32 Å². The summed E-state index contributed by atoms with van der Waals surface area (Å²) in [5.41, 5.74) is 2.11. The molecule has 2 aromatic rings. The molecule has 2 heterocycles. The topological polar surface area (TPSA) is 69.7 Å². The number of carbonyl (C=O) groups is 3. The predicted molar refractivity (Wildman–Crippen MR) is 109 cm³/mol. The number of para-hydroxylation sites is 1. The summed E-state index contributed by atoms with van der Waals surface area (Å²) in [6.07, 6.45) is 1.60. The molecule has 2 aromatic carbocycles. The molecule has 0 radical (unpaired) electrons. The summed E-state index contributed by atoms with van der Waals surface area (Å²) in [5.74, 6) is -0.631. The van der Waals surface area contributed by atoms with Gasteiger partial charge in [0.15, 0.2) is 0 Å². The van der Waals surface area contributed by atoms with E-state index in [1.165, 1.54) is 0 Å². The van der Waals surface area contributed by atoms with E-state index in [0.29, 0.717) is 29.4 Å². The van der Waals surface area contributed by atoms with Gasteiger partial charge < -0.3 is 15.1 Å². The van der Waals surface area contributed by atoms with E-state index < -0.39 is 5.92 Å². The van der Waals surface area contributed by atoms with Crippen molar-refractivity contribution in [3.05, 3.63) is 53.6 Å². The van der Waals surface area contributed by atoms with Crippen molar-refractivity contribution in [1.82, 2.24) is 0 Å². The zero-order valence-corrected chi connectivity index (χ0v) is 16.0. The minimum atomic E-state index is -0.441. The van der Waals surface area contributed by atoms with Crippen LogP contribution < -0.4 is 15.1 Å². The molecule has 6 nitrogen and oxygen atoms in total. The Balaban J connectivity index is 1.41. The zero-order chi connectivity index (χ0) is 19.7. The summed E-state index contributed by atoms with van der Waals surface area (Å²) in [6.45, 7) is 1.03. The van der Waals surface area contributed by atoms with Crippen LogP contribution >= 0.6 is 11.6 Å². The average Bonchev–Trinajstić information content (AvgIpc) is 3.29. The van der Waals surface area contributed by atoms with Gasteiger partial charge in [0.2, 0.25) is 17.7 Å². The molecule has 4 rings (SSSR count). The first-order chi connectivity index (χ1) is 13.5. The predicted octanol–water partition coefficient (Wildman–Crippen LogP) is 3.46. The van der Waals surface area contributed by atoms with Crippen molar-refractivity contribution < 1.29 is 14.4 Å². The van der Waals surface area contributed by atoms with Crippen LogP contribution in [-0.2, 0) is 14.4 Å². The van der Waals surface area contributed by atoms with Crippen LogP contribution in [0.15, 0.2) is 48.5 Å². The maximum atomic E-state index is 12.6. The number of rotatable bonds is 4. The highest BCUT2D eigenvalue weighted by Crippen LogP contribution is 2.31. The molecule has 1 N–H and O–H groups in total. The molecular weight excluding hydrogens is 378 g/mol. The normalized spacial score (nSPS) is 19.4. The van der Waals surface area contributed by atoms with Gasteiger partial charge in [-0.3, -0.25) is 14.4 Å². The van der Waals surface area contributed by atoms with Gasteiger partial charge in [-0.2, -0.15) is 0 Å². The molecule has 0 aromatic heterocycles. The largest absolute Gasteiger partial charge is 0.326 e. The highest BCUT2D eigenvalue weighted by atomic mass is 35.5. The Labute approximate surface area is 168 Å². The van der Waals surface area contributed by atoms with Crippen LogP contribution in [0.2, 0.25) is 5.02 Å². The molecule has 7 heteroatoms. The first kappa shape index (κ1) is 18.5. The SMILES string of the molecule is O=C(Nc1ccc(N2CCCC2=O)cc1)C1CC(=O)N(c2ccccc2Cl)C1. The van der Waals surface area contributed by atoms with E-state index in [-0.39, 0.29) is 24.1 Å². The van der Waals surface area contributed by atoms with Crippen LogP contribution in [0.4, 0.5) is 17.1 Å². The fraction of sp³-hybridized carbons (Fsp3) is 0.286. The fourth-order valence-electron chi connectivity index (χ4n) is 3.68. The molecule has 3 amide bonds. The summed E-state index contributed by atoms with van der Waals surface area (Å²) in [7, 11) is 0. The summed E-state index contributed by atoms with van der Waals surface area (Å²) in [5, 5.41) is 3.36. The molecule has 2 aliphatic rings. The number of anilines is 3. The lowest BCUT2D eigenvalue weighted by molar-refractivity contribution is -0.122. The smallest absolute Gasteiger partial charge is 0.229 e. The molecule has 2 fully saturated rings. The fourth-order valence-corrected chi connectivity index (χ4v) is 3.91. The van der Waals surface area contributed by atoms with E-state index in [1.807, 2.05) is 18.2 Å². The van der Waals surface area contributed by atoms with Crippen molar-refractivity contribution in [3.63, 3.8) is 0 Å². The number of amides is 3. The monoisotopic (exact) mass is 397 g/mol. The summed E-state index contributed by atoms with van der Waals surface area (Å²) < 4.78 is 0. The van der Waals surface area contributed by atoms with Gasteiger partial charge >= 0.3 is 0 Å². The van der Waals surface area contributed by atoms with Crippen LogP contribution in [0, 0.1) is 5.92 Å². The summed E-state index contributed by atoms with van der Waals surface area (Å²) in [4.78, 5) is 40.1. The Morgan fingerprint density at radius 1 is 1.00 bits per heavy atom. The molecule has 1 unspecified atom stereocenters. The van der Waals surface area contributed by atoms with Gasteiger partial charge in [0.25, 0.3) is 0 Å². The Morgan fingerprint density at radius 2 is 1.75 bits per heavy atom. The maximum absolute atomic E-state index is 12.6. The van der Waals surface area contributed by atoms with E-state index in [0.717, 1.165) is 18.7 Å². The highest BCUT2D eigenvalue weighted by molar-refractivity contribution is 6.33. The van der Waals surface area contributed by atoms with E-state index in [1.54, 1.807) is 40.1 Å². The molecule has 1 atom stereocenters. The maximum Gasteiger partial charge on any atom is 0.229 e. The molecule has 144 valence electrons. The minimum absolute atomic E-state index is 0.115. The summed E-state index contributed by atoms with van der Waals surface area (Å²) >= 11 is 6.18. The molecule has 2 saturated heterocycles. The Kier molecular flexibility index (Phi) is 5.05. The number of nitrogens with one attached hydrogen (secondary N) is 1. The molecule has 0 saturated carbocycles. The van der Waals surface area contributed by atoms with Gasteiger partial charge in [-0.25, -0.2) is 0 Å². The first-order valence-electron chi connectivity index (χ1n) is 9.29. The van der Waals surface area contributed by atoms with E-state index in [4.69, 9.17) is 11.6 Å². The van der Waals surface area contributed by atoms with Gasteiger partial charge in [-0.1, -0.05) is 23.7 Å². The third-order valence-corrected chi connectivity index (χ3v) is 5.48. The third-order valence-electron chi connectivity index (χ3n) is 5.16. The molecule has 0 aliphatic carbocycles. The van der Waals surface area contributed by atoms with Crippen molar-refractivity contribution in [3.8, 4) is 0 Å². The second kappa shape index (κ2) is 7.64. The summed E-state index contributed by atoms with van der Waals surface area (Å²) in [6, 6.07) is 14.3. The number of benzene rings is 2. The minimum Gasteiger partial charge on any atom is -0.326 e. The molecule has 0 spiro atoms. The second-order valence-corrected chi connectivity index (χ2v) is 7.45. The lowest BCUT2D eigenvalue weighted by Gasteiger charge is -2.18. The quantitative estimate of drug-likeness (QED) is 0.858. The Bertz CT molecular complexity index is 929. The van der Waals surface area contributed by atoms with Crippen molar-refractivity contribution in [2.75, 3.05) is 28.2 Å².